The Kier molecular flexibility index (Phi) is 30.3. The number of hydrogen-bond acceptors (Lipinski definition) is 15. The monoisotopic (exact) mass is 1240 g/mol. The molecule has 9 atom stereocenters. The van der Waals surface area contributed by atoms with E-state index in [-0.39, 0.29) is 114 Å². The van der Waals surface area contributed by atoms with E-state index in [1.807, 2.05) is 30.3 Å². The van der Waals surface area contributed by atoms with E-state index in [0.29, 0.717) is 56.6 Å². The Hall–Kier alpha value is -8.17. The standard InChI is InChI=1S/C62H96N16O11/c1-39(2)35-47(74-55(83)46(22-14-32-71-62(67)68)73-58(86)51-24-16-34-78(51)59(87)44(64)20-13-31-70-61(65)66)56(84)76-49(37-79)57(85)75-48(36-40-26-28-42(29-27-40)89-38-41-17-7-6-8-18-41)60(88)77-33-15-23-50(77)53(81)45-21-11-10-19-43(63)54(82)69-30-12-5-3-4-9-25-52(80)72-45/h6-8,10-11,17-18,26-29,39,43-51,79H,3-5,9,12-16,19-25,30-38,63-64H2,1-2H3,(H,69,82)(H,72,80)(H,73,86)(H,74,83)(H,75,85)(H,76,84)(H4,65,66,70)(H4,67,68,71)/b11-10+/t43-,44+,45?,46+,47+,48+,49+,50+,51+/m1/s1. The maximum Gasteiger partial charge on any atom is 0.246 e. The topological polar surface area (TPSA) is 443 Å². The Morgan fingerprint density at radius 3 is 1.92 bits per heavy atom. The number of rotatable bonds is 28. The van der Waals surface area contributed by atoms with Crippen LogP contribution in [0.25, 0.3) is 0 Å². The normalized spacial score (nSPS) is 20.6. The highest BCUT2D eigenvalue weighted by Crippen LogP contribution is 2.25. The third kappa shape index (κ3) is 24.4. The van der Waals surface area contributed by atoms with Crippen molar-refractivity contribution in [3.63, 3.8) is 0 Å². The molecule has 2 fully saturated rings. The molecule has 2 aromatic rings. The van der Waals surface area contributed by atoms with Gasteiger partial charge in [0.25, 0.3) is 0 Å². The lowest BCUT2D eigenvalue weighted by Crippen LogP contribution is -2.61. The number of aliphatic imine (C=N–C) groups is 2. The summed E-state index contributed by atoms with van der Waals surface area (Å²) in [5, 5.41) is 27.4. The molecule has 0 bridgehead atoms. The number of ether oxygens (including phenoxy) is 1. The van der Waals surface area contributed by atoms with E-state index in [2.05, 4.69) is 41.9 Å². The van der Waals surface area contributed by atoms with Gasteiger partial charge in [-0.2, -0.15) is 0 Å². The fraction of sp³-hybridized carbons (Fsp3) is 0.597. The van der Waals surface area contributed by atoms with E-state index in [9.17, 15) is 43.5 Å². The van der Waals surface area contributed by atoms with Crippen LogP contribution in [0.3, 0.4) is 0 Å². The molecule has 19 N–H and O–H groups in total. The van der Waals surface area contributed by atoms with Crippen molar-refractivity contribution in [2.45, 2.75) is 190 Å². The van der Waals surface area contributed by atoms with E-state index in [4.69, 9.17) is 39.1 Å². The van der Waals surface area contributed by atoms with Gasteiger partial charge < -0.3 is 85.9 Å². The van der Waals surface area contributed by atoms with Gasteiger partial charge in [0.2, 0.25) is 47.3 Å². The third-order valence-electron chi connectivity index (χ3n) is 15.8. The van der Waals surface area contributed by atoms with E-state index in [1.165, 1.54) is 9.80 Å². The number of nitrogens with zero attached hydrogens (tertiary/aromatic N) is 4. The zero-order chi connectivity index (χ0) is 64.8. The molecule has 5 rings (SSSR count). The van der Waals surface area contributed by atoms with E-state index in [0.717, 1.165) is 31.2 Å². The first kappa shape index (κ1) is 71.6. The Bertz CT molecular complexity index is 2740. The zero-order valence-corrected chi connectivity index (χ0v) is 51.6. The molecule has 0 saturated carbocycles. The fourth-order valence-electron chi connectivity index (χ4n) is 10.9. The lowest BCUT2D eigenvalue weighted by Gasteiger charge is -2.31. The maximum atomic E-state index is 15.1. The molecule has 0 radical (unpaired) electrons. The van der Waals surface area contributed by atoms with Crippen molar-refractivity contribution in [2.24, 2.45) is 50.3 Å². The molecule has 8 amide bonds. The number of amides is 8. The van der Waals surface area contributed by atoms with Crippen LogP contribution >= 0.6 is 0 Å². The van der Waals surface area contributed by atoms with Crippen LogP contribution in [-0.4, -0.2) is 174 Å². The lowest BCUT2D eigenvalue weighted by atomic mass is 9.98. The number of aliphatic hydroxyl groups excluding tert-OH is 1. The molecular formula is C62H96N16O11. The minimum atomic E-state index is -1.67. The van der Waals surface area contributed by atoms with Gasteiger partial charge >= 0.3 is 0 Å². The Morgan fingerprint density at radius 1 is 0.674 bits per heavy atom. The Balaban J connectivity index is 1.36. The van der Waals surface area contributed by atoms with Gasteiger partial charge in [-0.05, 0) is 113 Å². The first-order chi connectivity index (χ1) is 42.6. The van der Waals surface area contributed by atoms with Crippen LogP contribution in [0.4, 0.5) is 0 Å². The molecule has 3 heterocycles. The first-order valence-electron chi connectivity index (χ1n) is 31.2. The predicted molar refractivity (Wildman–Crippen MR) is 336 cm³/mol. The summed E-state index contributed by atoms with van der Waals surface area (Å²) in [5.74, 6) is -5.28. The molecule has 490 valence electrons. The SMILES string of the molecule is CC(C)C[C@H](NC(=O)[C@H](CCCN=C(N)N)NC(=O)[C@@H]1CCCN1C(=O)[C@@H](N)CCCN=C(N)N)C(=O)N[C@@H](CO)C(=O)N[C@@H](Cc1ccc(OCc2ccccc2)cc1)C(=O)N1CCC[C@H]1C(=O)C1C/C=C/C[C@@H](N)C(=O)NCCCCCCCC(=O)N1. The molecule has 0 aliphatic carbocycles. The summed E-state index contributed by atoms with van der Waals surface area (Å²) in [4.78, 5) is 137. The zero-order valence-electron chi connectivity index (χ0n) is 51.6. The van der Waals surface area contributed by atoms with Crippen molar-refractivity contribution in [2.75, 3.05) is 39.3 Å². The number of likely N-dealkylation sites (tertiary alicyclic amines) is 2. The number of nitrogens with two attached hydrogens (primary N) is 6. The maximum absolute atomic E-state index is 15.1. The molecule has 2 saturated heterocycles. The van der Waals surface area contributed by atoms with Crippen molar-refractivity contribution in [1.29, 1.82) is 0 Å². The predicted octanol–water partition coefficient (Wildman–Crippen LogP) is -0.610. The van der Waals surface area contributed by atoms with E-state index < -0.39 is 102 Å². The van der Waals surface area contributed by atoms with Gasteiger partial charge in [0, 0.05) is 45.6 Å². The second kappa shape index (κ2) is 37.6. The molecule has 89 heavy (non-hydrogen) atoms. The molecule has 3 aliphatic rings. The summed E-state index contributed by atoms with van der Waals surface area (Å²) in [7, 11) is 0. The lowest BCUT2D eigenvalue weighted by molar-refractivity contribution is -0.142. The van der Waals surface area contributed by atoms with Gasteiger partial charge in [0.1, 0.15) is 42.6 Å². The van der Waals surface area contributed by atoms with Crippen LogP contribution < -0.4 is 71.0 Å². The van der Waals surface area contributed by atoms with Crippen LogP contribution in [0.5, 0.6) is 5.75 Å². The molecule has 0 spiro atoms. The molecule has 3 aliphatic heterocycles. The molecule has 0 aromatic heterocycles. The van der Waals surface area contributed by atoms with Crippen molar-refractivity contribution in [1.82, 2.24) is 41.7 Å². The van der Waals surface area contributed by atoms with Gasteiger partial charge in [-0.25, -0.2) is 0 Å². The van der Waals surface area contributed by atoms with Gasteiger partial charge in [0.15, 0.2) is 17.7 Å². The number of carbonyl (C=O) groups excluding carboxylic acids is 9. The summed E-state index contributed by atoms with van der Waals surface area (Å²) in [5.41, 5.74) is 35.9. The van der Waals surface area contributed by atoms with Crippen molar-refractivity contribution < 1.29 is 53.0 Å². The summed E-state index contributed by atoms with van der Waals surface area (Å²) in [6, 6.07) is 6.07. The quantitative estimate of drug-likeness (QED) is 0.0219. The van der Waals surface area contributed by atoms with Crippen LogP contribution in [0.2, 0.25) is 0 Å². The van der Waals surface area contributed by atoms with Gasteiger partial charge in [-0.3, -0.25) is 53.1 Å². The van der Waals surface area contributed by atoms with Crippen molar-refractivity contribution >= 4 is 65.0 Å². The van der Waals surface area contributed by atoms with Crippen LogP contribution in [0.1, 0.15) is 134 Å². The van der Waals surface area contributed by atoms with Gasteiger partial charge in [-0.1, -0.05) is 87.7 Å². The number of carbonyl (C=O) groups is 9. The molecule has 1 unspecified atom stereocenters. The fourth-order valence-corrected chi connectivity index (χ4v) is 10.9. The summed E-state index contributed by atoms with van der Waals surface area (Å²) in [6.45, 7) is 4.20. The highest BCUT2D eigenvalue weighted by molar-refractivity contribution is 5.99. The van der Waals surface area contributed by atoms with Crippen molar-refractivity contribution in [3.05, 3.63) is 77.9 Å². The number of aliphatic hydroxyl groups is 1. The molecular weight excluding hydrogens is 1140 g/mol. The average molecular weight is 1240 g/mol. The number of guanidine groups is 2. The minimum Gasteiger partial charge on any atom is -0.489 e. The largest absolute Gasteiger partial charge is 0.489 e. The number of Topliss-reactive ketones (excluding diaryl/α,β-unsaturated/α-hetero) is 1. The number of hydrogen-bond donors (Lipinski definition) is 13. The summed E-state index contributed by atoms with van der Waals surface area (Å²) in [6.07, 6.45) is 9.96. The minimum absolute atomic E-state index is 0.00211. The second-order valence-electron chi connectivity index (χ2n) is 23.4. The Labute approximate surface area is 521 Å². The Morgan fingerprint density at radius 2 is 1.26 bits per heavy atom. The number of benzene rings is 2. The first-order valence-corrected chi connectivity index (χ1v) is 31.2. The number of ketones is 1. The molecule has 27 heteroatoms. The number of nitrogens with one attached hydrogen (secondary N) is 6. The van der Waals surface area contributed by atoms with E-state index in [1.54, 1.807) is 50.3 Å². The third-order valence-corrected chi connectivity index (χ3v) is 15.8. The van der Waals surface area contributed by atoms with Crippen LogP contribution in [0, 0.1) is 5.92 Å². The van der Waals surface area contributed by atoms with Crippen LogP contribution in [0.15, 0.2) is 76.7 Å². The molecule has 27 nitrogen and oxygen atoms in total. The highest BCUT2D eigenvalue weighted by Gasteiger charge is 2.42. The van der Waals surface area contributed by atoms with Gasteiger partial charge in [0.05, 0.1) is 30.8 Å². The average Bonchev–Trinajstić information content (AvgIpc) is 3.08. The van der Waals surface area contributed by atoms with Gasteiger partial charge in [-0.15, -0.1) is 0 Å². The van der Waals surface area contributed by atoms with E-state index >= 15 is 4.79 Å². The van der Waals surface area contributed by atoms with Crippen LogP contribution in [-0.2, 0) is 56.2 Å². The second-order valence-corrected chi connectivity index (χ2v) is 23.4. The highest BCUT2D eigenvalue weighted by atomic mass is 16.5. The summed E-state index contributed by atoms with van der Waals surface area (Å²) < 4.78 is 6.01. The van der Waals surface area contributed by atoms with Crippen molar-refractivity contribution in [3.8, 4) is 5.75 Å². The smallest absolute Gasteiger partial charge is 0.246 e. The summed E-state index contributed by atoms with van der Waals surface area (Å²) >= 11 is 0. The molecule has 2 aromatic carbocycles.